The Morgan fingerprint density at radius 1 is 0.852 bits per heavy atom. The number of nitriles is 2. The van der Waals surface area contributed by atoms with Crippen molar-refractivity contribution in [3.05, 3.63) is 41.7 Å². The lowest BCUT2D eigenvalue weighted by Gasteiger charge is -2.34. The third kappa shape index (κ3) is 2.21. The summed E-state index contributed by atoms with van der Waals surface area (Å²) >= 11 is 0. The summed E-state index contributed by atoms with van der Waals surface area (Å²) in [5.74, 6) is 0. The molecule has 2 aromatic carbocycles. The van der Waals surface area contributed by atoms with E-state index < -0.39 is 0 Å². The van der Waals surface area contributed by atoms with Crippen molar-refractivity contribution in [1.29, 1.82) is 10.5 Å². The van der Waals surface area contributed by atoms with Crippen molar-refractivity contribution < 1.29 is 0 Å². The Kier molecular flexibility index (Phi) is 3.36. The average Bonchev–Trinajstić information content (AvgIpc) is 3.03. The number of hydrogen-bond acceptors (Lipinski definition) is 6. The first kappa shape index (κ1) is 15.7. The zero-order valence-electron chi connectivity index (χ0n) is 14.9. The number of rotatable bonds is 1. The molecule has 6 heteroatoms. The van der Waals surface area contributed by atoms with Crippen LogP contribution in [0.4, 0.5) is 5.69 Å². The van der Waals surface area contributed by atoms with Gasteiger partial charge in [0.2, 0.25) is 0 Å². The van der Waals surface area contributed by atoms with Crippen LogP contribution in [0.5, 0.6) is 0 Å². The van der Waals surface area contributed by atoms with Gasteiger partial charge in [0, 0.05) is 53.8 Å². The summed E-state index contributed by atoms with van der Waals surface area (Å²) in [5, 5.41) is 20.9. The third-order valence-corrected chi connectivity index (χ3v) is 5.48. The van der Waals surface area contributed by atoms with E-state index >= 15 is 0 Å². The van der Waals surface area contributed by atoms with Crippen molar-refractivity contribution in [2.75, 3.05) is 38.1 Å². The highest BCUT2D eigenvalue weighted by atomic mass is 15.2. The van der Waals surface area contributed by atoms with Gasteiger partial charge >= 0.3 is 0 Å². The minimum absolute atomic E-state index is 0.0837. The van der Waals surface area contributed by atoms with Crippen LogP contribution < -0.4 is 4.90 Å². The van der Waals surface area contributed by atoms with Gasteiger partial charge in [-0.2, -0.15) is 10.5 Å². The summed E-state index contributed by atoms with van der Waals surface area (Å²) < 4.78 is 0. The number of hydrogen-bond donors (Lipinski definition) is 0. The van der Waals surface area contributed by atoms with Gasteiger partial charge in [-0.15, -0.1) is 0 Å². The summed E-state index contributed by atoms with van der Waals surface area (Å²) in [6.07, 6.45) is 0. The van der Waals surface area contributed by atoms with Gasteiger partial charge in [0.15, 0.2) is 11.4 Å². The predicted octanol–water partition coefficient (Wildman–Crippen LogP) is 2.77. The summed E-state index contributed by atoms with van der Waals surface area (Å²) in [7, 11) is 2.15. The van der Waals surface area contributed by atoms with Crippen LogP contribution in [0.3, 0.4) is 0 Å². The van der Waals surface area contributed by atoms with E-state index in [0.29, 0.717) is 11.4 Å². The minimum Gasteiger partial charge on any atom is -0.368 e. The number of nitrogens with zero attached hydrogens (tertiary/aromatic N) is 6. The smallest absolute Gasteiger partial charge is 0.177 e. The molecule has 1 fully saturated rings. The van der Waals surface area contributed by atoms with Crippen LogP contribution in [0.1, 0.15) is 11.4 Å². The SMILES string of the molecule is CN1CCN(c2ccc3c4c(cccc24)-c2nc(C#N)c(C#N)nc2-3)CC1. The van der Waals surface area contributed by atoms with Crippen LogP contribution in [0.15, 0.2) is 30.3 Å². The number of fused-ring (bicyclic) bond motifs is 3. The van der Waals surface area contributed by atoms with Crippen LogP contribution in [0.25, 0.3) is 33.3 Å². The fourth-order valence-corrected chi connectivity index (χ4v) is 4.08. The standard InChI is InChI=1S/C21H16N6/c1-26-7-9-27(10-8-26)18-6-5-15-19-13(18)3-2-4-14(19)20-21(15)25-17(12-23)16(11-22)24-20/h2-6H,7-10H2,1H3. The first-order valence-electron chi connectivity index (χ1n) is 8.93. The molecule has 130 valence electrons. The lowest BCUT2D eigenvalue weighted by atomic mass is 10.0. The molecule has 2 heterocycles. The van der Waals surface area contributed by atoms with Crippen molar-refractivity contribution in [2.45, 2.75) is 0 Å². The maximum absolute atomic E-state index is 9.31. The van der Waals surface area contributed by atoms with Crippen LogP contribution >= 0.6 is 0 Å². The predicted molar refractivity (Wildman–Crippen MR) is 103 cm³/mol. The fraction of sp³-hybridized carbons (Fsp3) is 0.238. The highest BCUT2D eigenvalue weighted by Gasteiger charge is 2.28. The largest absolute Gasteiger partial charge is 0.368 e. The highest BCUT2D eigenvalue weighted by Crippen LogP contribution is 2.47. The minimum atomic E-state index is 0.0837. The lowest BCUT2D eigenvalue weighted by molar-refractivity contribution is 0.313. The molecular formula is C21H16N6. The molecule has 0 spiro atoms. The second kappa shape index (κ2) is 5.77. The van der Waals surface area contributed by atoms with E-state index in [1.54, 1.807) is 0 Å². The van der Waals surface area contributed by atoms with Gasteiger partial charge in [-0.3, -0.25) is 0 Å². The lowest BCUT2D eigenvalue weighted by Crippen LogP contribution is -2.44. The van der Waals surface area contributed by atoms with E-state index in [2.05, 4.69) is 45.0 Å². The Morgan fingerprint density at radius 2 is 1.48 bits per heavy atom. The molecule has 1 aromatic heterocycles. The van der Waals surface area contributed by atoms with Crippen molar-refractivity contribution in [2.24, 2.45) is 0 Å². The molecule has 6 nitrogen and oxygen atoms in total. The van der Waals surface area contributed by atoms with Crippen molar-refractivity contribution in [1.82, 2.24) is 14.9 Å². The van der Waals surface area contributed by atoms with E-state index in [1.807, 2.05) is 24.3 Å². The molecule has 27 heavy (non-hydrogen) atoms. The van der Waals surface area contributed by atoms with E-state index in [9.17, 15) is 10.5 Å². The third-order valence-electron chi connectivity index (χ3n) is 5.48. The molecule has 0 bridgehead atoms. The molecule has 0 unspecified atom stereocenters. The first-order valence-corrected chi connectivity index (χ1v) is 8.93. The van der Waals surface area contributed by atoms with E-state index in [4.69, 9.17) is 0 Å². The van der Waals surface area contributed by atoms with Gasteiger partial charge in [0.05, 0.1) is 11.4 Å². The topological polar surface area (TPSA) is 79.8 Å². The number of aromatic nitrogens is 2. The molecule has 1 aliphatic carbocycles. The second-order valence-corrected chi connectivity index (χ2v) is 6.99. The molecule has 1 saturated heterocycles. The van der Waals surface area contributed by atoms with Crippen LogP contribution in [0, 0.1) is 22.7 Å². The van der Waals surface area contributed by atoms with E-state index in [-0.39, 0.29) is 11.4 Å². The van der Waals surface area contributed by atoms with Gasteiger partial charge in [-0.25, -0.2) is 9.97 Å². The van der Waals surface area contributed by atoms with Gasteiger partial charge in [-0.05, 0) is 19.2 Å². The maximum atomic E-state index is 9.31. The Morgan fingerprint density at radius 3 is 2.11 bits per heavy atom. The molecule has 3 aromatic rings. The Balaban J connectivity index is 1.74. The fourth-order valence-electron chi connectivity index (χ4n) is 4.08. The van der Waals surface area contributed by atoms with Crippen LogP contribution in [-0.2, 0) is 0 Å². The molecule has 2 aliphatic rings. The number of likely N-dealkylation sites (N-methyl/N-ethyl adjacent to an activating group) is 1. The quantitative estimate of drug-likeness (QED) is 0.524. The molecular weight excluding hydrogens is 336 g/mol. The zero-order chi connectivity index (χ0) is 18.5. The average molecular weight is 352 g/mol. The molecule has 0 radical (unpaired) electrons. The molecule has 5 rings (SSSR count). The molecule has 0 amide bonds. The summed E-state index contributed by atoms with van der Waals surface area (Å²) in [4.78, 5) is 13.7. The normalized spacial score (nSPS) is 15.4. The van der Waals surface area contributed by atoms with Gasteiger partial charge in [-0.1, -0.05) is 18.2 Å². The van der Waals surface area contributed by atoms with Crippen molar-refractivity contribution >= 4 is 16.5 Å². The van der Waals surface area contributed by atoms with Crippen molar-refractivity contribution in [3.8, 4) is 34.7 Å². The number of anilines is 1. The Hall–Kier alpha value is -3.48. The Bertz CT molecular complexity index is 1130. The van der Waals surface area contributed by atoms with Crippen molar-refractivity contribution in [3.63, 3.8) is 0 Å². The van der Waals surface area contributed by atoms with Crippen LogP contribution in [0.2, 0.25) is 0 Å². The van der Waals surface area contributed by atoms with Crippen LogP contribution in [-0.4, -0.2) is 48.1 Å². The molecule has 0 saturated carbocycles. The van der Waals surface area contributed by atoms with Gasteiger partial charge < -0.3 is 9.80 Å². The summed E-state index contributed by atoms with van der Waals surface area (Å²) in [5.41, 5.74) is 4.76. The van der Waals surface area contributed by atoms with E-state index in [1.165, 1.54) is 11.1 Å². The van der Waals surface area contributed by atoms with Gasteiger partial charge in [0.1, 0.15) is 12.1 Å². The number of benzene rings is 2. The molecule has 1 aliphatic heterocycles. The van der Waals surface area contributed by atoms with E-state index in [0.717, 1.165) is 42.7 Å². The Labute approximate surface area is 156 Å². The zero-order valence-corrected chi connectivity index (χ0v) is 14.9. The highest BCUT2D eigenvalue weighted by molar-refractivity contribution is 6.16. The maximum Gasteiger partial charge on any atom is 0.177 e. The first-order chi connectivity index (χ1) is 13.2. The molecule has 0 atom stereocenters. The summed E-state index contributed by atoms with van der Waals surface area (Å²) in [6, 6.07) is 14.4. The molecule has 0 N–H and O–H groups in total. The number of piperazine rings is 1. The monoisotopic (exact) mass is 352 g/mol. The summed E-state index contributed by atoms with van der Waals surface area (Å²) in [6.45, 7) is 4.08. The second-order valence-electron chi connectivity index (χ2n) is 6.99. The van der Waals surface area contributed by atoms with Gasteiger partial charge in [0.25, 0.3) is 0 Å².